The van der Waals surface area contributed by atoms with Crippen LogP contribution in [-0.2, 0) is 19.6 Å². The van der Waals surface area contributed by atoms with E-state index < -0.39 is 12.7 Å². The van der Waals surface area contributed by atoms with Crippen molar-refractivity contribution in [3.63, 3.8) is 0 Å². The van der Waals surface area contributed by atoms with Gasteiger partial charge >= 0.3 is 6.18 Å². The van der Waals surface area contributed by atoms with E-state index in [1.165, 1.54) is 6.20 Å². The highest BCUT2D eigenvalue weighted by Crippen LogP contribution is 2.18. The van der Waals surface area contributed by atoms with Gasteiger partial charge in [-0.05, 0) is 17.5 Å². The Morgan fingerprint density at radius 3 is 2.78 bits per heavy atom. The Bertz CT molecular complexity index is 476. The molecule has 0 unspecified atom stereocenters. The van der Waals surface area contributed by atoms with Gasteiger partial charge in [-0.1, -0.05) is 6.07 Å². The first-order valence-corrected chi connectivity index (χ1v) is 6.23. The number of alkyl halides is 3. The highest BCUT2D eigenvalue weighted by molar-refractivity contribution is 7.09. The Balaban J connectivity index is 1.88. The Morgan fingerprint density at radius 2 is 2.11 bits per heavy atom. The van der Waals surface area contributed by atoms with Crippen LogP contribution in [0, 0.1) is 0 Å². The van der Waals surface area contributed by atoms with Gasteiger partial charge in [-0.15, -0.1) is 11.3 Å². The van der Waals surface area contributed by atoms with Crippen LogP contribution in [0.15, 0.2) is 29.8 Å². The second-order valence-corrected chi connectivity index (χ2v) is 4.81. The number of halogens is 3. The van der Waals surface area contributed by atoms with Crippen LogP contribution in [0.4, 0.5) is 13.2 Å². The third-order valence-corrected chi connectivity index (χ3v) is 3.20. The maximum absolute atomic E-state index is 12.3. The number of aromatic nitrogens is 2. The number of hydrogen-bond acceptors (Lipinski definition) is 3. The zero-order valence-electron chi connectivity index (χ0n) is 9.44. The normalized spacial score (nSPS) is 11.9. The van der Waals surface area contributed by atoms with E-state index in [-0.39, 0.29) is 0 Å². The van der Waals surface area contributed by atoms with Crippen molar-refractivity contribution in [2.75, 3.05) is 0 Å². The summed E-state index contributed by atoms with van der Waals surface area (Å²) in [5.41, 5.74) is 0.531. The van der Waals surface area contributed by atoms with Crippen LogP contribution in [0.2, 0.25) is 0 Å². The summed E-state index contributed by atoms with van der Waals surface area (Å²) in [4.78, 5) is 1.15. The molecule has 7 heteroatoms. The molecule has 18 heavy (non-hydrogen) atoms. The van der Waals surface area contributed by atoms with Crippen molar-refractivity contribution in [2.45, 2.75) is 25.8 Å². The number of hydrogen-bond donors (Lipinski definition) is 1. The Labute approximate surface area is 106 Å². The summed E-state index contributed by atoms with van der Waals surface area (Å²) in [6.45, 7) is -0.0289. The first-order chi connectivity index (χ1) is 8.54. The largest absolute Gasteiger partial charge is 0.408 e. The van der Waals surface area contributed by atoms with E-state index in [9.17, 15) is 13.2 Å². The first-order valence-electron chi connectivity index (χ1n) is 5.35. The van der Waals surface area contributed by atoms with Gasteiger partial charge in [-0.3, -0.25) is 4.68 Å². The summed E-state index contributed by atoms with van der Waals surface area (Å²) in [5.74, 6) is 0. The minimum atomic E-state index is -4.24. The Hall–Kier alpha value is -1.34. The average Bonchev–Trinajstić information content (AvgIpc) is 2.89. The van der Waals surface area contributed by atoms with Crippen LogP contribution < -0.4 is 5.32 Å². The van der Waals surface area contributed by atoms with Gasteiger partial charge in [0.05, 0.1) is 5.69 Å². The van der Waals surface area contributed by atoms with Crippen LogP contribution in [0.25, 0.3) is 0 Å². The molecule has 0 radical (unpaired) electrons. The van der Waals surface area contributed by atoms with Crippen molar-refractivity contribution in [1.29, 1.82) is 0 Å². The molecular formula is C11H12F3N3S. The molecule has 2 aromatic heterocycles. The standard InChI is InChI=1S/C11H12F3N3S/c12-11(13,14)8-17-9(3-4-16-17)6-15-7-10-2-1-5-18-10/h1-5,15H,6-8H2. The predicted molar refractivity (Wildman–Crippen MR) is 63.1 cm³/mol. The maximum Gasteiger partial charge on any atom is 0.408 e. The third kappa shape index (κ3) is 3.85. The lowest BCUT2D eigenvalue weighted by atomic mass is 10.4. The van der Waals surface area contributed by atoms with E-state index in [0.29, 0.717) is 18.8 Å². The summed E-state index contributed by atoms with van der Waals surface area (Å²) in [6.07, 6.45) is -2.86. The summed E-state index contributed by atoms with van der Waals surface area (Å²) in [6, 6.07) is 5.51. The summed E-state index contributed by atoms with van der Waals surface area (Å²) in [5, 5.41) is 8.74. The van der Waals surface area contributed by atoms with Gasteiger partial charge in [0.25, 0.3) is 0 Å². The van der Waals surface area contributed by atoms with Gasteiger partial charge in [-0.2, -0.15) is 18.3 Å². The second kappa shape index (κ2) is 5.53. The molecule has 98 valence electrons. The number of nitrogens with one attached hydrogen (secondary N) is 1. The highest BCUT2D eigenvalue weighted by Gasteiger charge is 2.29. The topological polar surface area (TPSA) is 29.9 Å². The number of nitrogens with zero attached hydrogens (tertiary/aromatic N) is 2. The van der Waals surface area contributed by atoms with Crippen molar-refractivity contribution in [2.24, 2.45) is 0 Å². The van der Waals surface area contributed by atoms with Crippen molar-refractivity contribution in [1.82, 2.24) is 15.1 Å². The number of rotatable bonds is 5. The van der Waals surface area contributed by atoms with Crippen molar-refractivity contribution >= 4 is 11.3 Å². The smallest absolute Gasteiger partial charge is 0.306 e. The maximum atomic E-state index is 12.3. The van der Waals surface area contributed by atoms with Gasteiger partial charge in [0.2, 0.25) is 0 Å². The van der Waals surface area contributed by atoms with E-state index in [0.717, 1.165) is 9.56 Å². The van der Waals surface area contributed by atoms with Crippen LogP contribution >= 0.6 is 11.3 Å². The van der Waals surface area contributed by atoms with Crippen molar-refractivity contribution in [3.05, 3.63) is 40.3 Å². The third-order valence-electron chi connectivity index (χ3n) is 2.32. The predicted octanol–water partition coefficient (Wildman–Crippen LogP) is 2.80. The first kappa shape index (κ1) is 13.1. The number of thiophene rings is 1. The molecule has 3 nitrogen and oxygen atoms in total. The van der Waals surface area contributed by atoms with E-state index in [4.69, 9.17) is 0 Å². The van der Waals surface area contributed by atoms with Gasteiger partial charge in [0.1, 0.15) is 6.54 Å². The lowest BCUT2D eigenvalue weighted by Crippen LogP contribution is -2.22. The molecule has 2 rings (SSSR count). The van der Waals surface area contributed by atoms with Gasteiger partial charge in [0.15, 0.2) is 0 Å². The fraction of sp³-hybridized carbons (Fsp3) is 0.364. The van der Waals surface area contributed by atoms with Crippen LogP contribution in [0.3, 0.4) is 0 Å². The molecule has 0 saturated heterocycles. The van der Waals surface area contributed by atoms with Crippen molar-refractivity contribution in [3.8, 4) is 0 Å². The molecule has 0 bridgehead atoms. The molecule has 0 spiro atoms. The quantitative estimate of drug-likeness (QED) is 0.909. The molecular weight excluding hydrogens is 263 g/mol. The fourth-order valence-corrected chi connectivity index (χ4v) is 2.22. The Kier molecular flexibility index (Phi) is 4.03. The van der Waals surface area contributed by atoms with Gasteiger partial charge < -0.3 is 5.32 Å². The lowest BCUT2D eigenvalue weighted by Gasteiger charge is -2.10. The zero-order chi connectivity index (χ0) is 13.0. The van der Waals surface area contributed by atoms with E-state index in [2.05, 4.69) is 10.4 Å². The summed E-state index contributed by atoms with van der Waals surface area (Å²) < 4.78 is 37.8. The zero-order valence-corrected chi connectivity index (χ0v) is 10.3. The van der Waals surface area contributed by atoms with Gasteiger partial charge in [0, 0.05) is 24.2 Å². The highest BCUT2D eigenvalue weighted by atomic mass is 32.1. The van der Waals surface area contributed by atoms with Crippen LogP contribution in [-0.4, -0.2) is 16.0 Å². The van der Waals surface area contributed by atoms with E-state index in [1.54, 1.807) is 17.4 Å². The SMILES string of the molecule is FC(F)(F)Cn1nccc1CNCc1cccs1. The van der Waals surface area contributed by atoms with E-state index >= 15 is 0 Å². The fourth-order valence-electron chi connectivity index (χ4n) is 1.55. The monoisotopic (exact) mass is 275 g/mol. The van der Waals surface area contributed by atoms with Crippen molar-refractivity contribution < 1.29 is 13.2 Å². The molecule has 2 aromatic rings. The van der Waals surface area contributed by atoms with Gasteiger partial charge in [-0.25, -0.2) is 0 Å². The van der Waals surface area contributed by atoms with Crippen LogP contribution in [0.1, 0.15) is 10.6 Å². The second-order valence-electron chi connectivity index (χ2n) is 3.78. The molecule has 0 amide bonds. The summed E-state index contributed by atoms with van der Waals surface area (Å²) >= 11 is 1.61. The Morgan fingerprint density at radius 1 is 1.28 bits per heavy atom. The molecule has 0 aliphatic rings. The molecule has 0 fully saturated rings. The lowest BCUT2D eigenvalue weighted by molar-refractivity contribution is -0.143. The van der Waals surface area contributed by atoms with E-state index in [1.807, 2.05) is 17.5 Å². The minimum absolute atomic E-state index is 0.369. The molecule has 0 aliphatic carbocycles. The van der Waals surface area contributed by atoms with Crippen LogP contribution in [0.5, 0.6) is 0 Å². The summed E-state index contributed by atoms with van der Waals surface area (Å²) in [7, 11) is 0. The minimum Gasteiger partial charge on any atom is -0.306 e. The molecule has 0 saturated carbocycles. The average molecular weight is 275 g/mol. The molecule has 0 aromatic carbocycles. The molecule has 1 N–H and O–H groups in total. The molecule has 0 atom stereocenters. The molecule has 0 aliphatic heterocycles. The molecule has 2 heterocycles.